The van der Waals surface area contributed by atoms with E-state index in [1.165, 1.54) is 0 Å². The third-order valence-corrected chi connectivity index (χ3v) is 4.58. The molecule has 0 atom stereocenters. The number of methoxy groups -OCH3 is 3. The van der Waals surface area contributed by atoms with Crippen molar-refractivity contribution in [2.45, 2.75) is 13.0 Å². The van der Waals surface area contributed by atoms with Gasteiger partial charge in [0.1, 0.15) is 0 Å². The first-order valence-corrected chi connectivity index (χ1v) is 9.61. The monoisotopic (exact) mass is 414 g/mol. The molecule has 0 heterocycles. The summed E-state index contributed by atoms with van der Waals surface area (Å²) in [6, 6.07) is 11.3. The van der Waals surface area contributed by atoms with Gasteiger partial charge in [-0.3, -0.25) is 9.79 Å². The molecule has 8 nitrogen and oxygen atoms in total. The van der Waals surface area contributed by atoms with Crippen molar-refractivity contribution in [3.8, 4) is 17.2 Å². The third kappa shape index (κ3) is 5.79. The SMILES string of the molecule is CN=C(NCCc1cccc(C(=O)NC)c1)NCc1ccc(OC)c(OC)c1OC. The molecule has 0 aliphatic heterocycles. The Morgan fingerprint density at radius 2 is 1.77 bits per heavy atom. The standard InChI is InChI=1S/C22H30N4O4/c1-23-21(27)16-8-6-7-15(13-16)11-12-25-22(24-2)26-14-17-9-10-18(28-3)20(30-5)19(17)29-4/h6-10,13H,11-12,14H2,1-5H3,(H,23,27)(H2,24,25,26). The minimum absolute atomic E-state index is 0.0915. The van der Waals surface area contributed by atoms with E-state index in [0.717, 1.165) is 17.5 Å². The number of hydrogen-bond acceptors (Lipinski definition) is 5. The van der Waals surface area contributed by atoms with Crippen molar-refractivity contribution in [2.75, 3.05) is 42.0 Å². The molecule has 0 saturated heterocycles. The predicted molar refractivity (Wildman–Crippen MR) is 118 cm³/mol. The molecule has 0 saturated carbocycles. The van der Waals surface area contributed by atoms with E-state index in [2.05, 4.69) is 20.9 Å². The summed E-state index contributed by atoms with van der Waals surface area (Å²) in [4.78, 5) is 16.0. The van der Waals surface area contributed by atoms with Crippen LogP contribution < -0.4 is 30.2 Å². The van der Waals surface area contributed by atoms with E-state index < -0.39 is 0 Å². The number of amides is 1. The lowest BCUT2D eigenvalue weighted by Crippen LogP contribution is -2.38. The van der Waals surface area contributed by atoms with Crippen LogP contribution in [-0.2, 0) is 13.0 Å². The van der Waals surface area contributed by atoms with E-state index in [9.17, 15) is 4.79 Å². The Labute approximate surface area is 177 Å². The highest BCUT2D eigenvalue weighted by molar-refractivity contribution is 5.94. The summed E-state index contributed by atoms with van der Waals surface area (Å²) < 4.78 is 16.3. The first kappa shape index (κ1) is 22.9. The molecule has 0 fully saturated rings. The average Bonchev–Trinajstić information content (AvgIpc) is 2.79. The first-order valence-electron chi connectivity index (χ1n) is 9.61. The molecule has 1 amide bonds. The lowest BCUT2D eigenvalue weighted by atomic mass is 10.1. The molecule has 2 aromatic carbocycles. The zero-order valence-corrected chi connectivity index (χ0v) is 18.2. The molecule has 162 valence electrons. The number of guanidine groups is 1. The van der Waals surface area contributed by atoms with Crippen LogP contribution in [0.15, 0.2) is 41.4 Å². The number of aliphatic imine (C=N–C) groups is 1. The fourth-order valence-corrected chi connectivity index (χ4v) is 3.04. The topological polar surface area (TPSA) is 93.2 Å². The first-order chi connectivity index (χ1) is 14.6. The van der Waals surface area contributed by atoms with Crippen LogP contribution in [0.1, 0.15) is 21.5 Å². The van der Waals surface area contributed by atoms with Crippen molar-refractivity contribution in [1.29, 1.82) is 0 Å². The van der Waals surface area contributed by atoms with Crippen LogP contribution in [0.2, 0.25) is 0 Å². The Hall–Kier alpha value is -3.42. The summed E-state index contributed by atoms with van der Waals surface area (Å²) in [5.41, 5.74) is 2.63. The Bertz CT molecular complexity index is 883. The second-order valence-corrected chi connectivity index (χ2v) is 6.38. The van der Waals surface area contributed by atoms with Gasteiger partial charge in [-0.2, -0.15) is 0 Å². The van der Waals surface area contributed by atoms with Crippen molar-refractivity contribution in [1.82, 2.24) is 16.0 Å². The highest BCUT2D eigenvalue weighted by Crippen LogP contribution is 2.39. The second kappa shape index (κ2) is 11.5. The Balaban J connectivity index is 1.95. The summed E-state index contributed by atoms with van der Waals surface area (Å²) in [6.45, 7) is 1.16. The van der Waals surface area contributed by atoms with Crippen molar-refractivity contribution in [3.63, 3.8) is 0 Å². The van der Waals surface area contributed by atoms with Gasteiger partial charge in [0.2, 0.25) is 5.75 Å². The molecule has 2 aromatic rings. The van der Waals surface area contributed by atoms with Gasteiger partial charge in [0, 0.05) is 38.3 Å². The fourth-order valence-electron chi connectivity index (χ4n) is 3.04. The highest BCUT2D eigenvalue weighted by Gasteiger charge is 2.15. The van der Waals surface area contributed by atoms with E-state index >= 15 is 0 Å². The van der Waals surface area contributed by atoms with Crippen molar-refractivity contribution >= 4 is 11.9 Å². The molecule has 2 rings (SSSR count). The number of carbonyl (C=O) groups excluding carboxylic acids is 1. The van der Waals surface area contributed by atoms with Crippen LogP contribution in [0.5, 0.6) is 17.2 Å². The van der Waals surface area contributed by atoms with E-state index in [0.29, 0.717) is 41.9 Å². The van der Waals surface area contributed by atoms with Crippen LogP contribution in [0, 0.1) is 0 Å². The van der Waals surface area contributed by atoms with Crippen molar-refractivity contribution in [3.05, 3.63) is 53.1 Å². The highest BCUT2D eigenvalue weighted by atomic mass is 16.5. The van der Waals surface area contributed by atoms with Gasteiger partial charge >= 0.3 is 0 Å². The van der Waals surface area contributed by atoms with Gasteiger partial charge in [-0.05, 0) is 36.2 Å². The lowest BCUT2D eigenvalue weighted by Gasteiger charge is -2.17. The molecular formula is C22H30N4O4. The maximum absolute atomic E-state index is 11.8. The molecule has 30 heavy (non-hydrogen) atoms. The van der Waals surface area contributed by atoms with E-state index in [1.807, 2.05) is 30.3 Å². The Morgan fingerprint density at radius 1 is 1.00 bits per heavy atom. The summed E-state index contributed by atoms with van der Waals surface area (Å²) in [7, 11) is 8.11. The van der Waals surface area contributed by atoms with Gasteiger partial charge in [0.15, 0.2) is 17.5 Å². The molecule has 0 bridgehead atoms. The molecule has 0 aromatic heterocycles. The van der Waals surface area contributed by atoms with Crippen molar-refractivity contribution < 1.29 is 19.0 Å². The fraction of sp³-hybridized carbons (Fsp3) is 0.364. The molecule has 0 unspecified atom stereocenters. The number of ether oxygens (including phenoxy) is 3. The van der Waals surface area contributed by atoms with Gasteiger partial charge < -0.3 is 30.2 Å². The summed E-state index contributed by atoms with van der Waals surface area (Å²) in [6.07, 6.45) is 0.755. The molecule has 0 aliphatic rings. The quantitative estimate of drug-likeness (QED) is 0.429. The second-order valence-electron chi connectivity index (χ2n) is 6.38. The molecule has 0 radical (unpaired) electrons. The van der Waals surface area contributed by atoms with Gasteiger partial charge in [-0.1, -0.05) is 12.1 Å². The summed E-state index contributed by atoms with van der Waals surface area (Å²) >= 11 is 0. The zero-order valence-electron chi connectivity index (χ0n) is 18.2. The minimum Gasteiger partial charge on any atom is -0.493 e. The molecule has 3 N–H and O–H groups in total. The molecule has 0 aliphatic carbocycles. The maximum Gasteiger partial charge on any atom is 0.251 e. The average molecular weight is 415 g/mol. The molecular weight excluding hydrogens is 384 g/mol. The van der Waals surface area contributed by atoms with E-state index in [-0.39, 0.29) is 5.91 Å². The number of hydrogen-bond donors (Lipinski definition) is 3. The summed E-state index contributed by atoms with van der Waals surface area (Å²) in [5.74, 6) is 2.35. The van der Waals surface area contributed by atoms with Gasteiger partial charge in [0.05, 0.1) is 21.3 Å². The lowest BCUT2D eigenvalue weighted by molar-refractivity contribution is 0.0963. The van der Waals surface area contributed by atoms with Crippen LogP contribution in [0.4, 0.5) is 0 Å². The van der Waals surface area contributed by atoms with Crippen LogP contribution in [-0.4, -0.2) is 53.8 Å². The van der Waals surface area contributed by atoms with Gasteiger partial charge in [-0.15, -0.1) is 0 Å². The number of rotatable bonds is 9. The van der Waals surface area contributed by atoms with Gasteiger partial charge in [-0.25, -0.2) is 0 Å². The molecule has 8 heteroatoms. The Kier molecular flexibility index (Phi) is 8.80. The minimum atomic E-state index is -0.0915. The number of benzene rings is 2. The number of carbonyl (C=O) groups is 1. The largest absolute Gasteiger partial charge is 0.493 e. The van der Waals surface area contributed by atoms with E-state index in [4.69, 9.17) is 14.2 Å². The van der Waals surface area contributed by atoms with Crippen LogP contribution in [0.3, 0.4) is 0 Å². The Morgan fingerprint density at radius 3 is 2.40 bits per heavy atom. The maximum atomic E-state index is 11.8. The third-order valence-electron chi connectivity index (χ3n) is 4.58. The molecule has 0 spiro atoms. The zero-order chi connectivity index (χ0) is 21.9. The normalized spacial score (nSPS) is 10.9. The van der Waals surface area contributed by atoms with Crippen LogP contribution >= 0.6 is 0 Å². The number of nitrogens with zero attached hydrogens (tertiary/aromatic N) is 1. The van der Waals surface area contributed by atoms with Crippen LogP contribution in [0.25, 0.3) is 0 Å². The smallest absolute Gasteiger partial charge is 0.251 e. The predicted octanol–water partition coefficient (Wildman–Crippen LogP) is 1.98. The summed E-state index contributed by atoms with van der Waals surface area (Å²) in [5, 5.41) is 9.19. The van der Waals surface area contributed by atoms with Crippen molar-refractivity contribution in [2.24, 2.45) is 4.99 Å². The van der Waals surface area contributed by atoms with E-state index in [1.54, 1.807) is 41.5 Å². The number of nitrogens with one attached hydrogen (secondary N) is 3. The van der Waals surface area contributed by atoms with Gasteiger partial charge in [0.25, 0.3) is 5.91 Å².